The van der Waals surface area contributed by atoms with Crippen LogP contribution in [0.2, 0.25) is 0 Å². The molecule has 0 amide bonds. The van der Waals surface area contributed by atoms with E-state index in [1.165, 1.54) is 22.0 Å². The largest absolute Gasteiger partial charge is 1.00 e. The molecule has 0 unspecified atom stereocenters. The molecule has 4 rings (SSSR count). The van der Waals surface area contributed by atoms with Gasteiger partial charge >= 0.3 is 0 Å². The van der Waals surface area contributed by atoms with Gasteiger partial charge in [0, 0.05) is 22.9 Å². The Balaban J connectivity index is 0.00000272. The van der Waals surface area contributed by atoms with E-state index in [-0.39, 0.29) is 12.4 Å². The Morgan fingerprint density at radius 1 is 0.806 bits per heavy atom. The highest BCUT2D eigenvalue weighted by Gasteiger charge is 2.17. The van der Waals surface area contributed by atoms with Crippen LogP contribution in [0, 0.1) is 0 Å². The summed E-state index contributed by atoms with van der Waals surface area (Å²) in [6, 6.07) is 27.6. The second-order valence-corrected chi connectivity index (χ2v) is 7.74. The number of aromatic amines is 1. The SMILES string of the molecule is CC[NH+](CC)CCOc1ccccc1-c1[nH]c2ccccc2c1Cc1ccccc1.[Cl-]. The van der Waals surface area contributed by atoms with Crippen molar-refractivity contribution in [3.05, 3.63) is 90.0 Å². The van der Waals surface area contributed by atoms with Crippen molar-refractivity contribution >= 4 is 10.9 Å². The number of H-pyrrole nitrogens is 1. The third kappa shape index (κ3) is 5.30. The molecule has 4 aromatic rings. The molecule has 0 aliphatic rings. The fourth-order valence-corrected chi connectivity index (χ4v) is 4.12. The molecule has 0 saturated heterocycles. The summed E-state index contributed by atoms with van der Waals surface area (Å²) in [6.45, 7) is 8.46. The summed E-state index contributed by atoms with van der Waals surface area (Å²) in [5.41, 5.74) is 6.09. The first-order valence-electron chi connectivity index (χ1n) is 11.0. The molecule has 0 radical (unpaired) electrons. The zero-order valence-corrected chi connectivity index (χ0v) is 19.1. The molecular formula is C27H31ClN2O. The molecule has 3 nitrogen and oxygen atoms in total. The molecule has 0 atom stereocenters. The quantitative estimate of drug-likeness (QED) is 0.413. The fourth-order valence-electron chi connectivity index (χ4n) is 4.12. The predicted octanol–water partition coefficient (Wildman–Crippen LogP) is 1.73. The lowest BCUT2D eigenvalue weighted by molar-refractivity contribution is -0.896. The normalized spacial score (nSPS) is 10.9. The van der Waals surface area contributed by atoms with Crippen LogP contribution in [-0.2, 0) is 6.42 Å². The molecule has 1 aromatic heterocycles. The van der Waals surface area contributed by atoms with Crippen LogP contribution in [-0.4, -0.2) is 31.2 Å². The highest BCUT2D eigenvalue weighted by atomic mass is 35.5. The van der Waals surface area contributed by atoms with E-state index in [0.29, 0.717) is 0 Å². The Morgan fingerprint density at radius 2 is 1.48 bits per heavy atom. The molecular weight excluding hydrogens is 404 g/mol. The molecule has 162 valence electrons. The molecule has 1 heterocycles. The zero-order chi connectivity index (χ0) is 20.8. The summed E-state index contributed by atoms with van der Waals surface area (Å²) in [5.74, 6) is 0.949. The van der Waals surface area contributed by atoms with Crippen molar-refractivity contribution in [1.82, 2.24) is 4.98 Å². The topological polar surface area (TPSA) is 29.5 Å². The Hall–Kier alpha value is -2.75. The van der Waals surface area contributed by atoms with Crippen LogP contribution in [0.5, 0.6) is 5.75 Å². The number of para-hydroxylation sites is 2. The maximum atomic E-state index is 6.29. The smallest absolute Gasteiger partial charge is 0.137 e. The van der Waals surface area contributed by atoms with Crippen LogP contribution < -0.4 is 22.0 Å². The van der Waals surface area contributed by atoms with Crippen LogP contribution in [0.1, 0.15) is 25.0 Å². The van der Waals surface area contributed by atoms with E-state index in [1.54, 1.807) is 4.90 Å². The lowest BCUT2D eigenvalue weighted by atomic mass is 9.98. The summed E-state index contributed by atoms with van der Waals surface area (Å²) in [4.78, 5) is 5.24. The van der Waals surface area contributed by atoms with Crippen molar-refractivity contribution in [3.8, 4) is 17.0 Å². The van der Waals surface area contributed by atoms with E-state index < -0.39 is 0 Å². The van der Waals surface area contributed by atoms with Crippen LogP contribution in [0.15, 0.2) is 78.9 Å². The molecule has 0 spiro atoms. The first-order chi connectivity index (χ1) is 14.8. The summed E-state index contributed by atoms with van der Waals surface area (Å²) in [7, 11) is 0. The number of quaternary nitrogens is 1. The van der Waals surface area contributed by atoms with Gasteiger partial charge in [-0.25, -0.2) is 0 Å². The molecule has 0 bridgehead atoms. The second kappa shape index (κ2) is 11.0. The molecule has 2 N–H and O–H groups in total. The van der Waals surface area contributed by atoms with Gasteiger partial charge in [0.1, 0.15) is 18.9 Å². The predicted molar refractivity (Wildman–Crippen MR) is 125 cm³/mol. The van der Waals surface area contributed by atoms with E-state index in [9.17, 15) is 0 Å². The highest BCUT2D eigenvalue weighted by Crippen LogP contribution is 2.36. The molecule has 0 fully saturated rings. The van der Waals surface area contributed by atoms with Crippen LogP contribution >= 0.6 is 0 Å². The average molecular weight is 435 g/mol. The van der Waals surface area contributed by atoms with Gasteiger partial charge < -0.3 is 27.0 Å². The minimum Gasteiger partial charge on any atom is -1.00 e. The van der Waals surface area contributed by atoms with Crippen LogP contribution in [0.3, 0.4) is 0 Å². The van der Waals surface area contributed by atoms with Crippen molar-refractivity contribution in [2.45, 2.75) is 20.3 Å². The van der Waals surface area contributed by atoms with Gasteiger partial charge in [0.25, 0.3) is 0 Å². The van der Waals surface area contributed by atoms with E-state index in [0.717, 1.165) is 49.7 Å². The Labute approximate surface area is 191 Å². The third-order valence-electron chi connectivity index (χ3n) is 5.91. The van der Waals surface area contributed by atoms with E-state index in [1.807, 2.05) is 0 Å². The van der Waals surface area contributed by atoms with Gasteiger partial charge in [0.05, 0.1) is 18.8 Å². The van der Waals surface area contributed by atoms with Crippen molar-refractivity contribution in [2.24, 2.45) is 0 Å². The number of likely N-dealkylation sites (N-methyl/N-ethyl adjacent to an activating group) is 1. The van der Waals surface area contributed by atoms with Crippen LogP contribution in [0.25, 0.3) is 22.2 Å². The summed E-state index contributed by atoms with van der Waals surface area (Å²) < 4.78 is 6.29. The zero-order valence-electron chi connectivity index (χ0n) is 18.3. The third-order valence-corrected chi connectivity index (χ3v) is 5.91. The number of hydrogen-bond acceptors (Lipinski definition) is 1. The minimum absolute atomic E-state index is 0. The molecule has 0 saturated carbocycles. The first-order valence-corrected chi connectivity index (χ1v) is 11.0. The number of halogens is 1. The number of fused-ring (bicyclic) bond motifs is 1. The Bertz CT molecular complexity index is 1090. The monoisotopic (exact) mass is 434 g/mol. The lowest BCUT2D eigenvalue weighted by Crippen LogP contribution is -3.12. The van der Waals surface area contributed by atoms with E-state index in [2.05, 4.69) is 97.7 Å². The van der Waals surface area contributed by atoms with Gasteiger partial charge in [0.15, 0.2) is 0 Å². The summed E-state index contributed by atoms with van der Waals surface area (Å²) in [6.07, 6.45) is 0.887. The number of ether oxygens (including phenoxy) is 1. The highest BCUT2D eigenvalue weighted by molar-refractivity contribution is 5.92. The number of hydrogen-bond donors (Lipinski definition) is 2. The Morgan fingerprint density at radius 3 is 2.26 bits per heavy atom. The molecule has 31 heavy (non-hydrogen) atoms. The van der Waals surface area contributed by atoms with Crippen molar-refractivity contribution < 1.29 is 22.0 Å². The van der Waals surface area contributed by atoms with Crippen molar-refractivity contribution in [3.63, 3.8) is 0 Å². The minimum atomic E-state index is 0. The standard InChI is InChI=1S/C27H30N2O.ClH/c1-3-29(4-2)18-19-30-26-17-11-9-15-23(26)27-24(20-21-12-6-5-7-13-21)22-14-8-10-16-25(22)28-27;/h5-17,28H,3-4,18-20H2,1-2H3;1H. The van der Waals surface area contributed by atoms with Gasteiger partial charge in [-0.3, -0.25) is 0 Å². The second-order valence-electron chi connectivity index (χ2n) is 7.74. The van der Waals surface area contributed by atoms with Gasteiger partial charge in [-0.05, 0) is 43.2 Å². The number of nitrogens with one attached hydrogen (secondary N) is 2. The van der Waals surface area contributed by atoms with Gasteiger partial charge in [0.2, 0.25) is 0 Å². The van der Waals surface area contributed by atoms with Crippen LogP contribution in [0.4, 0.5) is 0 Å². The van der Waals surface area contributed by atoms with Gasteiger partial charge in [-0.1, -0.05) is 60.7 Å². The van der Waals surface area contributed by atoms with Gasteiger partial charge in [-0.2, -0.15) is 0 Å². The molecule has 0 aliphatic heterocycles. The summed E-state index contributed by atoms with van der Waals surface area (Å²) >= 11 is 0. The molecule has 3 aromatic carbocycles. The summed E-state index contributed by atoms with van der Waals surface area (Å²) in [5, 5.41) is 1.28. The number of rotatable bonds is 9. The van der Waals surface area contributed by atoms with E-state index in [4.69, 9.17) is 4.74 Å². The number of benzene rings is 3. The average Bonchev–Trinajstić information content (AvgIpc) is 3.16. The fraction of sp³-hybridized carbons (Fsp3) is 0.259. The first kappa shape index (κ1) is 22.9. The maximum Gasteiger partial charge on any atom is 0.137 e. The maximum absolute atomic E-state index is 6.29. The lowest BCUT2D eigenvalue weighted by Gasteiger charge is -2.17. The van der Waals surface area contributed by atoms with Crippen molar-refractivity contribution in [2.75, 3.05) is 26.2 Å². The molecule has 0 aliphatic carbocycles. The Kier molecular flexibility index (Phi) is 8.16. The number of aromatic nitrogens is 1. The molecule has 4 heteroatoms. The van der Waals surface area contributed by atoms with E-state index >= 15 is 0 Å². The van der Waals surface area contributed by atoms with Gasteiger partial charge in [-0.15, -0.1) is 0 Å². The van der Waals surface area contributed by atoms with Crippen molar-refractivity contribution in [1.29, 1.82) is 0 Å².